The third-order valence-corrected chi connectivity index (χ3v) is 3.63. The van der Waals surface area contributed by atoms with Gasteiger partial charge < -0.3 is 4.74 Å². The molecule has 0 unspecified atom stereocenters. The summed E-state index contributed by atoms with van der Waals surface area (Å²) in [4.78, 5) is 0. The summed E-state index contributed by atoms with van der Waals surface area (Å²) in [6, 6.07) is 6.75. The third kappa shape index (κ3) is 2.60. The lowest BCUT2D eigenvalue weighted by Crippen LogP contribution is -2.09. The summed E-state index contributed by atoms with van der Waals surface area (Å²) in [6.07, 6.45) is 4.23. The van der Waals surface area contributed by atoms with E-state index in [2.05, 4.69) is 45.9 Å². The monoisotopic (exact) mass is 244 g/mol. The number of benzene rings is 1. The van der Waals surface area contributed by atoms with Crippen molar-refractivity contribution in [2.24, 2.45) is 5.92 Å². The van der Waals surface area contributed by atoms with E-state index in [0.717, 1.165) is 19.4 Å². The molecule has 18 heavy (non-hydrogen) atoms. The van der Waals surface area contributed by atoms with Gasteiger partial charge in [-0.1, -0.05) is 45.9 Å². The first kappa shape index (κ1) is 13.2. The Labute approximate surface area is 111 Å². The van der Waals surface area contributed by atoms with Gasteiger partial charge in [-0.25, -0.2) is 0 Å². The normalized spacial score (nSPS) is 18.7. The number of aryl methyl sites for hydroxylation is 1. The number of hydrogen-bond acceptors (Lipinski definition) is 1. The molecule has 0 saturated heterocycles. The largest absolute Gasteiger partial charge is 0.501 e. The van der Waals surface area contributed by atoms with Gasteiger partial charge in [0.1, 0.15) is 0 Å². The molecular formula is C17H24O. The fraction of sp³-hybridized carbons (Fsp3) is 0.529. The zero-order valence-electron chi connectivity index (χ0n) is 12.0. The summed E-state index contributed by atoms with van der Waals surface area (Å²) >= 11 is 0. The SMILES string of the molecule is CC(C)/C1=C/OCCCc2cccc(C(C)C)c21. The molecule has 1 aromatic carbocycles. The Morgan fingerprint density at radius 1 is 1.06 bits per heavy atom. The molecule has 0 atom stereocenters. The molecule has 0 radical (unpaired) electrons. The highest BCUT2D eigenvalue weighted by Crippen LogP contribution is 2.34. The summed E-state index contributed by atoms with van der Waals surface area (Å²) in [5.41, 5.74) is 5.75. The standard InChI is InChI=1S/C17H24O/c1-12(2)15-9-5-7-14-8-6-10-18-11-16(13(3)4)17(14)15/h5,7,9,11-13H,6,8,10H2,1-4H3/b16-11-. The van der Waals surface area contributed by atoms with E-state index < -0.39 is 0 Å². The van der Waals surface area contributed by atoms with Crippen LogP contribution in [0.25, 0.3) is 5.57 Å². The Kier molecular flexibility index (Phi) is 4.11. The van der Waals surface area contributed by atoms with Crippen LogP contribution in [0.5, 0.6) is 0 Å². The average molecular weight is 244 g/mol. The van der Waals surface area contributed by atoms with Crippen molar-refractivity contribution >= 4 is 5.57 Å². The van der Waals surface area contributed by atoms with E-state index in [1.807, 2.05) is 6.26 Å². The summed E-state index contributed by atoms with van der Waals surface area (Å²) in [6.45, 7) is 9.87. The van der Waals surface area contributed by atoms with Crippen molar-refractivity contribution in [1.29, 1.82) is 0 Å². The molecule has 1 aliphatic heterocycles. The zero-order valence-corrected chi connectivity index (χ0v) is 12.0. The molecule has 1 heteroatoms. The number of allylic oxidation sites excluding steroid dienone is 1. The Bertz CT molecular complexity index is 441. The van der Waals surface area contributed by atoms with Gasteiger partial charge in [0, 0.05) is 0 Å². The molecule has 98 valence electrons. The van der Waals surface area contributed by atoms with E-state index >= 15 is 0 Å². The quantitative estimate of drug-likeness (QED) is 0.728. The van der Waals surface area contributed by atoms with Crippen molar-refractivity contribution in [2.75, 3.05) is 6.61 Å². The minimum absolute atomic E-state index is 0.502. The second-order valence-electron chi connectivity index (χ2n) is 5.74. The second kappa shape index (κ2) is 5.60. The van der Waals surface area contributed by atoms with Crippen molar-refractivity contribution in [2.45, 2.75) is 46.5 Å². The van der Waals surface area contributed by atoms with Gasteiger partial charge in [0.15, 0.2) is 0 Å². The summed E-state index contributed by atoms with van der Waals surface area (Å²) in [7, 11) is 0. The van der Waals surface area contributed by atoms with Gasteiger partial charge in [0.05, 0.1) is 12.9 Å². The smallest absolute Gasteiger partial charge is 0.0876 e. The first-order valence-corrected chi connectivity index (χ1v) is 7.05. The molecule has 0 spiro atoms. The highest BCUT2D eigenvalue weighted by molar-refractivity contribution is 5.72. The van der Waals surface area contributed by atoms with Crippen molar-refractivity contribution in [3.8, 4) is 0 Å². The van der Waals surface area contributed by atoms with E-state index in [1.54, 1.807) is 0 Å². The molecule has 1 nitrogen and oxygen atoms in total. The van der Waals surface area contributed by atoms with Gasteiger partial charge in [0.25, 0.3) is 0 Å². The van der Waals surface area contributed by atoms with Crippen LogP contribution in [0.2, 0.25) is 0 Å². The maximum atomic E-state index is 5.68. The topological polar surface area (TPSA) is 9.23 Å². The van der Waals surface area contributed by atoms with E-state index in [4.69, 9.17) is 4.74 Å². The maximum absolute atomic E-state index is 5.68. The van der Waals surface area contributed by atoms with Crippen LogP contribution in [0.15, 0.2) is 24.5 Å². The Morgan fingerprint density at radius 2 is 1.83 bits per heavy atom. The summed E-state index contributed by atoms with van der Waals surface area (Å²) < 4.78 is 5.68. The molecule has 1 heterocycles. The number of fused-ring (bicyclic) bond motifs is 1. The van der Waals surface area contributed by atoms with Crippen LogP contribution < -0.4 is 0 Å². The van der Waals surface area contributed by atoms with Gasteiger partial charge in [-0.05, 0) is 46.9 Å². The van der Waals surface area contributed by atoms with Crippen LogP contribution in [0.3, 0.4) is 0 Å². The fourth-order valence-electron chi connectivity index (χ4n) is 2.64. The van der Waals surface area contributed by atoms with Crippen LogP contribution in [0.1, 0.15) is 56.7 Å². The first-order valence-electron chi connectivity index (χ1n) is 7.05. The van der Waals surface area contributed by atoms with Crippen LogP contribution in [0, 0.1) is 5.92 Å². The van der Waals surface area contributed by atoms with Crippen molar-refractivity contribution in [1.82, 2.24) is 0 Å². The summed E-state index contributed by atoms with van der Waals surface area (Å²) in [5, 5.41) is 0. The van der Waals surface area contributed by atoms with Gasteiger partial charge in [0.2, 0.25) is 0 Å². The lowest BCUT2D eigenvalue weighted by molar-refractivity contribution is 0.243. The molecule has 2 rings (SSSR count). The van der Waals surface area contributed by atoms with Crippen molar-refractivity contribution < 1.29 is 4.74 Å². The molecule has 0 amide bonds. The van der Waals surface area contributed by atoms with Gasteiger partial charge >= 0.3 is 0 Å². The molecule has 0 N–H and O–H groups in total. The number of hydrogen-bond donors (Lipinski definition) is 0. The molecule has 0 saturated carbocycles. The van der Waals surface area contributed by atoms with Crippen LogP contribution in [-0.4, -0.2) is 6.61 Å². The molecule has 1 aliphatic rings. The van der Waals surface area contributed by atoms with E-state index in [9.17, 15) is 0 Å². The second-order valence-corrected chi connectivity index (χ2v) is 5.74. The predicted molar refractivity (Wildman–Crippen MR) is 77.6 cm³/mol. The Morgan fingerprint density at radius 3 is 2.50 bits per heavy atom. The lowest BCUT2D eigenvalue weighted by atomic mass is 9.83. The minimum Gasteiger partial charge on any atom is -0.501 e. The van der Waals surface area contributed by atoms with Crippen molar-refractivity contribution in [3.63, 3.8) is 0 Å². The van der Waals surface area contributed by atoms with E-state index in [1.165, 1.54) is 22.3 Å². The average Bonchev–Trinajstić information content (AvgIpc) is 2.28. The van der Waals surface area contributed by atoms with E-state index in [-0.39, 0.29) is 0 Å². The molecule has 1 aromatic rings. The molecule has 0 aromatic heterocycles. The van der Waals surface area contributed by atoms with Crippen LogP contribution in [-0.2, 0) is 11.2 Å². The molecule has 0 bridgehead atoms. The molecule has 0 aliphatic carbocycles. The predicted octanol–water partition coefficient (Wildman–Crippen LogP) is 4.77. The maximum Gasteiger partial charge on any atom is 0.0876 e. The van der Waals surface area contributed by atoms with Crippen molar-refractivity contribution in [3.05, 3.63) is 41.2 Å². The van der Waals surface area contributed by atoms with Gasteiger partial charge in [-0.15, -0.1) is 0 Å². The fourth-order valence-corrected chi connectivity index (χ4v) is 2.64. The minimum atomic E-state index is 0.502. The molecule has 0 fully saturated rings. The molecular weight excluding hydrogens is 220 g/mol. The Hall–Kier alpha value is -1.24. The summed E-state index contributed by atoms with van der Waals surface area (Å²) in [5.74, 6) is 1.06. The lowest BCUT2D eigenvalue weighted by Gasteiger charge is -2.23. The number of ether oxygens (including phenoxy) is 1. The van der Waals surface area contributed by atoms with E-state index in [0.29, 0.717) is 11.8 Å². The first-order chi connectivity index (χ1) is 8.61. The van der Waals surface area contributed by atoms with Gasteiger partial charge in [-0.2, -0.15) is 0 Å². The highest BCUT2D eigenvalue weighted by atomic mass is 16.5. The highest BCUT2D eigenvalue weighted by Gasteiger charge is 2.18. The van der Waals surface area contributed by atoms with Crippen LogP contribution in [0.4, 0.5) is 0 Å². The van der Waals surface area contributed by atoms with Crippen LogP contribution >= 0.6 is 0 Å². The van der Waals surface area contributed by atoms with Gasteiger partial charge in [-0.3, -0.25) is 0 Å². The third-order valence-electron chi connectivity index (χ3n) is 3.63. The Balaban J connectivity index is 2.60. The zero-order chi connectivity index (χ0) is 13.1. The number of rotatable bonds is 2.